The zero-order valence-corrected chi connectivity index (χ0v) is 11.8. The molecule has 112 valence electrons. The van der Waals surface area contributed by atoms with E-state index in [-0.39, 0.29) is 29.0 Å². The number of carbonyl (C=O) groups is 3. The maximum atomic E-state index is 12.0. The number of carboxylic acids is 1. The van der Waals surface area contributed by atoms with Crippen molar-refractivity contribution in [2.24, 2.45) is 0 Å². The first-order valence-corrected chi connectivity index (χ1v) is 7.40. The second-order valence-corrected chi connectivity index (χ2v) is 6.19. The highest BCUT2D eigenvalue weighted by Gasteiger charge is 2.33. The number of sulfonamides is 1. The summed E-state index contributed by atoms with van der Waals surface area (Å²) in [5, 5.41) is 8.48. The standard InChI is InChI=1S/C12H12N2O6S/c1-14-11(17)8-3-2-7(6-9(8)12(14)18)21(19,20)13-5-4-10(15)16/h2-3,6,13H,4-5H2,1H3,(H,15,16). The molecule has 2 amide bonds. The molecule has 0 fully saturated rings. The average Bonchev–Trinajstić information content (AvgIpc) is 2.63. The number of amides is 2. The van der Waals surface area contributed by atoms with E-state index < -0.39 is 27.8 Å². The van der Waals surface area contributed by atoms with E-state index in [9.17, 15) is 22.8 Å². The van der Waals surface area contributed by atoms with Crippen LogP contribution < -0.4 is 4.72 Å². The predicted molar refractivity (Wildman–Crippen MR) is 70.3 cm³/mol. The van der Waals surface area contributed by atoms with Gasteiger partial charge >= 0.3 is 5.97 Å². The molecule has 8 nitrogen and oxygen atoms in total. The number of carbonyl (C=O) groups excluding carboxylic acids is 2. The summed E-state index contributed by atoms with van der Waals surface area (Å²) >= 11 is 0. The van der Waals surface area contributed by atoms with Gasteiger partial charge in [-0.1, -0.05) is 0 Å². The van der Waals surface area contributed by atoms with Crippen molar-refractivity contribution in [1.82, 2.24) is 9.62 Å². The van der Waals surface area contributed by atoms with E-state index >= 15 is 0 Å². The van der Waals surface area contributed by atoms with Gasteiger partial charge in [-0.05, 0) is 18.2 Å². The second kappa shape index (κ2) is 5.26. The van der Waals surface area contributed by atoms with Gasteiger partial charge in [0.05, 0.1) is 22.4 Å². The van der Waals surface area contributed by atoms with Gasteiger partial charge in [0.2, 0.25) is 10.0 Å². The highest BCUT2D eigenvalue weighted by Crippen LogP contribution is 2.24. The molecule has 0 aliphatic carbocycles. The summed E-state index contributed by atoms with van der Waals surface area (Å²) in [4.78, 5) is 34.6. The lowest BCUT2D eigenvalue weighted by atomic mass is 10.1. The molecule has 1 aromatic rings. The van der Waals surface area contributed by atoms with Gasteiger partial charge in [0.1, 0.15) is 0 Å². The molecular formula is C12H12N2O6S. The molecule has 21 heavy (non-hydrogen) atoms. The number of hydrogen-bond acceptors (Lipinski definition) is 5. The van der Waals surface area contributed by atoms with Gasteiger partial charge in [0.15, 0.2) is 0 Å². The summed E-state index contributed by atoms with van der Waals surface area (Å²) < 4.78 is 26.1. The lowest BCUT2D eigenvalue weighted by molar-refractivity contribution is -0.136. The Morgan fingerprint density at radius 2 is 1.86 bits per heavy atom. The number of aliphatic carboxylic acids is 1. The van der Waals surface area contributed by atoms with Crippen LogP contribution in [0.25, 0.3) is 0 Å². The number of hydrogen-bond donors (Lipinski definition) is 2. The molecule has 2 N–H and O–H groups in total. The Morgan fingerprint density at radius 3 is 2.48 bits per heavy atom. The fourth-order valence-corrected chi connectivity index (χ4v) is 2.94. The molecule has 0 bridgehead atoms. The summed E-state index contributed by atoms with van der Waals surface area (Å²) in [5.41, 5.74) is 0.163. The second-order valence-electron chi connectivity index (χ2n) is 4.42. The molecule has 1 heterocycles. The summed E-state index contributed by atoms with van der Waals surface area (Å²) in [6, 6.07) is 3.58. The Kier molecular flexibility index (Phi) is 3.79. The third kappa shape index (κ3) is 2.78. The van der Waals surface area contributed by atoms with Crippen LogP contribution in [0.15, 0.2) is 23.1 Å². The maximum absolute atomic E-state index is 12.0. The normalized spacial score (nSPS) is 14.4. The average molecular weight is 312 g/mol. The van der Waals surface area contributed by atoms with Crippen molar-refractivity contribution >= 4 is 27.8 Å². The van der Waals surface area contributed by atoms with Gasteiger partial charge in [0, 0.05) is 13.6 Å². The fourth-order valence-electron chi connectivity index (χ4n) is 1.88. The number of nitrogens with zero attached hydrogens (tertiary/aromatic N) is 1. The van der Waals surface area contributed by atoms with E-state index in [0.717, 1.165) is 11.0 Å². The molecule has 0 atom stereocenters. The molecule has 0 unspecified atom stereocenters. The Hall–Kier alpha value is -2.26. The summed E-state index contributed by atoms with van der Waals surface area (Å²) in [5.74, 6) is -2.19. The van der Waals surface area contributed by atoms with E-state index in [4.69, 9.17) is 5.11 Å². The molecule has 1 aromatic carbocycles. The Morgan fingerprint density at radius 1 is 1.24 bits per heavy atom. The third-order valence-electron chi connectivity index (χ3n) is 3.00. The quantitative estimate of drug-likeness (QED) is 0.718. The van der Waals surface area contributed by atoms with Crippen LogP contribution in [0.2, 0.25) is 0 Å². The molecule has 0 aromatic heterocycles. The molecule has 1 aliphatic rings. The Labute approximate surface area is 120 Å². The summed E-state index contributed by atoms with van der Waals surface area (Å²) in [6.07, 6.45) is -0.357. The number of imide groups is 1. The van der Waals surface area contributed by atoms with Gasteiger partial charge in [-0.25, -0.2) is 13.1 Å². The van der Waals surface area contributed by atoms with E-state index in [1.165, 1.54) is 19.2 Å². The third-order valence-corrected chi connectivity index (χ3v) is 4.46. The van der Waals surface area contributed by atoms with Crippen molar-refractivity contribution < 1.29 is 27.9 Å². The minimum absolute atomic E-state index is 0.0172. The first-order chi connectivity index (χ1) is 9.74. The minimum Gasteiger partial charge on any atom is -0.481 e. The van der Waals surface area contributed by atoms with Crippen LogP contribution in [0.1, 0.15) is 27.1 Å². The van der Waals surface area contributed by atoms with E-state index in [1.807, 2.05) is 0 Å². The van der Waals surface area contributed by atoms with Crippen LogP contribution in [-0.2, 0) is 14.8 Å². The molecule has 2 rings (SSSR count). The number of carboxylic acid groups (broad SMARTS) is 1. The molecule has 0 spiro atoms. The fraction of sp³-hybridized carbons (Fsp3) is 0.250. The lowest BCUT2D eigenvalue weighted by Crippen LogP contribution is -2.26. The molecule has 9 heteroatoms. The highest BCUT2D eigenvalue weighted by atomic mass is 32.2. The van der Waals surface area contributed by atoms with Crippen molar-refractivity contribution in [1.29, 1.82) is 0 Å². The molecule has 1 aliphatic heterocycles. The van der Waals surface area contributed by atoms with Gasteiger partial charge < -0.3 is 5.11 Å². The minimum atomic E-state index is -3.93. The maximum Gasteiger partial charge on any atom is 0.304 e. The van der Waals surface area contributed by atoms with Gasteiger partial charge in [-0.3, -0.25) is 19.3 Å². The molecule has 0 saturated heterocycles. The highest BCUT2D eigenvalue weighted by molar-refractivity contribution is 7.89. The Bertz CT molecular complexity index is 740. The molecule has 0 saturated carbocycles. The smallest absolute Gasteiger partial charge is 0.304 e. The van der Waals surface area contributed by atoms with E-state index in [0.29, 0.717) is 0 Å². The number of fused-ring (bicyclic) bond motifs is 1. The van der Waals surface area contributed by atoms with Crippen molar-refractivity contribution in [3.63, 3.8) is 0 Å². The van der Waals surface area contributed by atoms with Crippen LogP contribution in [0, 0.1) is 0 Å². The van der Waals surface area contributed by atoms with Crippen LogP contribution in [0.4, 0.5) is 0 Å². The SMILES string of the molecule is CN1C(=O)c2ccc(S(=O)(=O)NCCC(=O)O)cc2C1=O. The van der Waals surface area contributed by atoms with Gasteiger partial charge in [0.25, 0.3) is 11.8 Å². The van der Waals surface area contributed by atoms with Gasteiger partial charge in [-0.15, -0.1) is 0 Å². The van der Waals surface area contributed by atoms with Crippen LogP contribution in [-0.4, -0.2) is 49.8 Å². The number of benzene rings is 1. The van der Waals surface area contributed by atoms with Crippen LogP contribution in [0.3, 0.4) is 0 Å². The van der Waals surface area contributed by atoms with Crippen molar-refractivity contribution in [2.75, 3.05) is 13.6 Å². The first kappa shape index (κ1) is 15.1. The summed E-state index contributed by atoms with van der Waals surface area (Å²) in [6.45, 7) is -0.262. The van der Waals surface area contributed by atoms with Crippen molar-refractivity contribution in [3.8, 4) is 0 Å². The number of rotatable bonds is 5. The zero-order valence-electron chi connectivity index (χ0n) is 11.0. The predicted octanol–water partition coefficient (Wildman–Crippen LogP) is -0.335. The molecule has 0 radical (unpaired) electrons. The lowest BCUT2D eigenvalue weighted by Gasteiger charge is -2.06. The monoisotopic (exact) mass is 312 g/mol. The van der Waals surface area contributed by atoms with Crippen molar-refractivity contribution in [2.45, 2.75) is 11.3 Å². The van der Waals surface area contributed by atoms with Crippen molar-refractivity contribution in [3.05, 3.63) is 29.3 Å². The first-order valence-electron chi connectivity index (χ1n) is 5.92. The van der Waals surface area contributed by atoms with E-state index in [1.54, 1.807) is 0 Å². The molecular weight excluding hydrogens is 300 g/mol. The zero-order chi connectivity index (χ0) is 15.8. The Balaban J connectivity index is 2.29. The summed E-state index contributed by atoms with van der Waals surface area (Å²) in [7, 11) is -2.62. The van der Waals surface area contributed by atoms with Crippen LogP contribution >= 0.6 is 0 Å². The topological polar surface area (TPSA) is 121 Å². The van der Waals surface area contributed by atoms with Crippen LogP contribution in [0.5, 0.6) is 0 Å². The number of nitrogens with one attached hydrogen (secondary N) is 1. The van der Waals surface area contributed by atoms with Gasteiger partial charge in [-0.2, -0.15) is 0 Å². The van der Waals surface area contributed by atoms with E-state index in [2.05, 4.69) is 4.72 Å². The largest absolute Gasteiger partial charge is 0.481 e.